The Morgan fingerprint density at radius 2 is 1.64 bits per heavy atom. The molecule has 2 nitrogen and oxygen atoms in total. The molecule has 1 aliphatic rings. The maximum atomic E-state index is 6.00. The maximum Gasteiger partial charge on any atom is 0.0113 e. The molecule has 0 aromatic rings. The van der Waals surface area contributed by atoms with Gasteiger partial charge in [-0.15, -0.1) is 0 Å². The van der Waals surface area contributed by atoms with Gasteiger partial charge < -0.3 is 11.5 Å². The molecule has 0 radical (unpaired) electrons. The SMILES string of the molecule is C/C(N)=C/C=C(\N)C1CCC(C)CC1. The van der Waals surface area contributed by atoms with Crippen LogP contribution in [0, 0.1) is 11.8 Å². The van der Waals surface area contributed by atoms with Crippen LogP contribution < -0.4 is 11.5 Å². The van der Waals surface area contributed by atoms with Gasteiger partial charge in [-0.1, -0.05) is 19.8 Å². The highest BCUT2D eigenvalue weighted by molar-refractivity contribution is 5.15. The molecule has 1 aliphatic carbocycles. The Hall–Kier alpha value is -0.920. The first kappa shape index (κ1) is 11.2. The van der Waals surface area contributed by atoms with Crippen molar-refractivity contribution in [2.24, 2.45) is 23.3 Å². The molecule has 2 heteroatoms. The van der Waals surface area contributed by atoms with E-state index in [-0.39, 0.29) is 0 Å². The van der Waals surface area contributed by atoms with Gasteiger partial charge in [0.1, 0.15) is 0 Å². The molecule has 0 spiro atoms. The molecular formula is C12H22N2. The molecule has 0 unspecified atom stereocenters. The Morgan fingerprint density at radius 1 is 1.07 bits per heavy atom. The summed E-state index contributed by atoms with van der Waals surface area (Å²) in [7, 11) is 0. The minimum atomic E-state index is 0.585. The summed E-state index contributed by atoms with van der Waals surface area (Å²) in [6.45, 7) is 4.20. The summed E-state index contributed by atoms with van der Waals surface area (Å²) < 4.78 is 0. The van der Waals surface area contributed by atoms with E-state index < -0.39 is 0 Å². The first-order chi connectivity index (χ1) is 6.59. The highest BCUT2D eigenvalue weighted by Gasteiger charge is 2.19. The molecule has 0 saturated heterocycles. The van der Waals surface area contributed by atoms with Crippen molar-refractivity contribution in [1.29, 1.82) is 0 Å². The number of rotatable bonds is 2. The Labute approximate surface area is 87.0 Å². The van der Waals surface area contributed by atoms with E-state index in [0.717, 1.165) is 17.3 Å². The normalized spacial score (nSPS) is 30.4. The number of allylic oxidation sites excluding steroid dienone is 4. The zero-order valence-corrected chi connectivity index (χ0v) is 9.29. The second-order valence-electron chi connectivity index (χ2n) is 4.53. The van der Waals surface area contributed by atoms with Crippen molar-refractivity contribution in [2.45, 2.75) is 39.5 Å². The van der Waals surface area contributed by atoms with E-state index in [1.165, 1.54) is 25.7 Å². The van der Waals surface area contributed by atoms with Gasteiger partial charge in [0.25, 0.3) is 0 Å². The molecular weight excluding hydrogens is 172 g/mol. The second kappa shape index (κ2) is 5.08. The van der Waals surface area contributed by atoms with Crippen molar-refractivity contribution in [2.75, 3.05) is 0 Å². The number of hydrogen-bond donors (Lipinski definition) is 2. The van der Waals surface area contributed by atoms with Gasteiger partial charge in [0.15, 0.2) is 0 Å². The minimum absolute atomic E-state index is 0.585. The van der Waals surface area contributed by atoms with Crippen molar-refractivity contribution in [3.63, 3.8) is 0 Å². The van der Waals surface area contributed by atoms with Crippen LogP contribution >= 0.6 is 0 Å². The van der Waals surface area contributed by atoms with E-state index in [1.807, 2.05) is 19.1 Å². The van der Waals surface area contributed by atoms with E-state index in [4.69, 9.17) is 11.5 Å². The first-order valence-electron chi connectivity index (χ1n) is 5.49. The lowest BCUT2D eigenvalue weighted by Crippen LogP contribution is -2.18. The van der Waals surface area contributed by atoms with Crippen LogP contribution in [0.4, 0.5) is 0 Å². The fourth-order valence-electron chi connectivity index (χ4n) is 1.96. The van der Waals surface area contributed by atoms with Crippen LogP contribution in [-0.4, -0.2) is 0 Å². The van der Waals surface area contributed by atoms with Gasteiger partial charge in [-0.3, -0.25) is 0 Å². The molecule has 0 aliphatic heterocycles. The molecule has 0 atom stereocenters. The molecule has 80 valence electrons. The number of nitrogens with two attached hydrogens (primary N) is 2. The minimum Gasteiger partial charge on any atom is -0.402 e. The van der Waals surface area contributed by atoms with Crippen molar-refractivity contribution < 1.29 is 0 Å². The predicted octanol–water partition coefficient (Wildman–Crippen LogP) is 2.52. The molecule has 14 heavy (non-hydrogen) atoms. The zero-order valence-electron chi connectivity index (χ0n) is 9.29. The Kier molecular flexibility index (Phi) is 4.05. The standard InChI is InChI=1S/C12H22N2/c1-9-3-6-11(7-4-9)12(14)8-5-10(2)13/h5,8-9,11H,3-4,6-7,13-14H2,1-2H3/b10-5-,12-8-. The molecule has 0 bridgehead atoms. The molecule has 0 aromatic heterocycles. The van der Waals surface area contributed by atoms with Crippen LogP contribution in [0.1, 0.15) is 39.5 Å². The summed E-state index contributed by atoms with van der Waals surface area (Å²) in [5, 5.41) is 0. The van der Waals surface area contributed by atoms with Crippen LogP contribution in [0.3, 0.4) is 0 Å². The van der Waals surface area contributed by atoms with Gasteiger partial charge in [0, 0.05) is 11.4 Å². The average Bonchev–Trinajstić information content (AvgIpc) is 2.15. The Bertz CT molecular complexity index is 229. The molecule has 4 N–H and O–H groups in total. The summed E-state index contributed by atoms with van der Waals surface area (Å²) in [4.78, 5) is 0. The fraction of sp³-hybridized carbons (Fsp3) is 0.667. The highest BCUT2D eigenvalue weighted by Crippen LogP contribution is 2.31. The van der Waals surface area contributed by atoms with E-state index in [1.54, 1.807) is 0 Å². The molecule has 0 amide bonds. The third kappa shape index (κ3) is 3.44. The van der Waals surface area contributed by atoms with Crippen molar-refractivity contribution in [1.82, 2.24) is 0 Å². The van der Waals surface area contributed by atoms with Gasteiger partial charge >= 0.3 is 0 Å². The van der Waals surface area contributed by atoms with E-state index in [9.17, 15) is 0 Å². The number of hydrogen-bond acceptors (Lipinski definition) is 2. The first-order valence-corrected chi connectivity index (χ1v) is 5.49. The maximum absolute atomic E-state index is 6.00. The lowest BCUT2D eigenvalue weighted by Gasteiger charge is -2.26. The van der Waals surface area contributed by atoms with Crippen LogP contribution in [0.25, 0.3) is 0 Å². The molecule has 0 heterocycles. The smallest absolute Gasteiger partial charge is 0.0113 e. The van der Waals surface area contributed by atoms with Crippen LogP contribution in [-0.2, 0) is 0 Å². The Balaban J connectivity index is 2.49. The largest absolute Gasteiger partial charge is 0.402 e. The third-order valence-corrected chi connectivity index (χ3v) is 3.03. The van der Waals surface area contributed by atoms with Gasteiger partial charge in [0.2, 0.25) is 0 Å². The van der Waals surface area contributed by atoms with E-state index >= 15 is 0 Å². The van der Waals surface area contributed by atoms with E-state index in [0.29, 0.717) is 5.92 Å². The highest BCUT2D eigenvalue weighted by atomic mass is 14.6. The van der Waals surface area contributed by atoms with Gasteiger partial charge in [-0.25, -0.2) is 0 Å². The Morgan fingerprint density at radius 3 is 2.14 bits per heavy atom. The lowest BCUT2D eigenvalue weighted by atomic mass is 9.81. The van der Waals surface area contributed by atoms with Gasteiger partial charge in [0.05, 0.1) is 0 Å². The van der Waals surface area contributed by atoms with Crippen LogP contribution in [0.15, 0.2) is 23.5 Å². The molecule has 0 aromatic carbocycles. The monoisotopic (exact) mass is 194 g/mol. The average molecular weight is 194 g/mol. The van der Waals surface area contributed by atoms with Crippen LogP contribution in [0.2, 0.25) is 0 Å². The van der Waals surface area contributed by atoms with Crippen molar-refractivity contribution in [3.8, 4) is 0 Å². The summed E-state index contributed by atoms with van der Waals surface area (Å²) in [5.74, 6) is 1.47. The van der Waals surface area contributed by atoms with E-state index in [2.05, 4.69) is 6.92 Å². The molecule has 1 fully saturated rings. The zero-order chi connectivity index (χ0) is 10.6. The summed E-state index contributed by atoms with van der Waals surface area (Å²) >= 11 is 0. The quantitative estimate of drug-likeness (QED) is 0.664. The third-order valence-electron chi connectivity index (χ3n) is 3.03. The predicted molar refractivity (Wildman–Crippen MR) is 61.3 cm³/mol. The summed E-state index contributed by atoms with van der Waals surface area (Å²) in [5.41, 5.74) is 13.4. The molecule has 1 saturated carbocycles. The molecule has 1 rings (SSSR count). The topological polar surface area (TPSA) is 52.0 Å². The second-order valence-corrected chi connectivity index (χ2v) is 4.53. The van der Waals surface area contributed by atoms with Crippen LogP contribution in [0.5, 0.6) is 0 Å². The van der Waals surface area contributed by atoms with Crippen molar-refractivity contribution in [3.05, 3.63) is 23.5 Å². The van der Waals surface area contributed by atoms with Crippen molar-refractivity contribution >= 4 is 0 Å². The van der Waals surface area contributed by atoms with Gasteiger partial charge in [-0.2, -0.15) is 0 Å². The summed E-state index contributed by atoms with van der Waals surface area (Å²) in [6.07, 6.45) is 8.96. The lowest BCUT2D eigenvalue weighted by molar-refractivity contribution is 0.318. The van der Waals surface area contributed by atoms with Gasteiger partial charge in [-0.05, 0) is 43.8 Å². The fourth-order valence-corrected chi connectivity index (χ4v) is 1.96. The summed E-state index contributed by atoms with van der Waals surface area (Å²) in [6, 6.07) is 0.